The number of carbonyl (C=O) groups excluding carboxylic acids is 1. The maximum atomic E-state index is 11.1. The molecule has 0 aromatic carbocycles. The van der Waals surface area contributed by atoms with Crippen LogP contribution in [0.1, 0.15) is 16.6 Å². The Morgan fingerprint density at radius 3 is 3.04 bits per heavy atom. The van der Waals surface area contributed by atoms with Crippen LogP contribution in [0.5, 0.6) is 0 Å². The summed E-state index contributed by atoms with van der Waals surface area (Å²) in [4.78, 5) is 27.7. The van der Waals surface area contributed by atoms with Crippen LogP contribution in [-0.2, 0) is 16.2 Å². The number of hydrogen-bond donors (Lipinski definition) is 0. The van der Waals surface area contributed by atoms with Crippen LogP contribution in [0.25, 0.3) is 0 Å². The van der Waals surface area contributed by atoms with Gasteiger partial charge in [0.1, 0.15) is 6.04 Å². The first kappa shape index (κ1) is 19.9. The average molecular weight is 357 g/mol. The zero-order chi connectivity index (χ0) is 17.1. The second-order valence-corrected chi connectivity index (χ2v) is 7.35. The first-order valence-electron chi connectivity index (χ1n) is 7.46. The molecule has 128 valence electrons. The van der Waals surface area contributed by atoms with Gasteiger partial charge in [-0.1, -0.05) is 6.08 Å². The van der Waals surface area contributed by atoms with Crippen molar-refractivity contribution in [3.63, 3.8) is 0 Å². The molecule has 1 aromatic rings. The number of rotatable bonds is 8. The van der Waals surface area contributed by atoms with E-state index in [4.69, 9.17) is 4.84 Å². The molecule has 2 rings (SSSR count). The van der Waals surface area contributed by atoms with Crippen molar-refractivity contribution in [2.75, 3.05) is 39.6 Å². The highest BCUT2D eigenvalue weighted by Crippen LogP contribution is 2.32. The fourth-order valence-corrected chi connectivity index (χ4v) is 3.44. The third kappa shape index (κ3) is 6.47. The summed E-state index contributed by atoms with van der Waals surface area (Å²) in [6.07, 6.45) is 3.61. The number of thiazole rings is 1. The Balaban J connectivity index is 0.000000379. The van der Waals surface area contributed by atoms with Gasteiger partial charge in [-0.3, -0.25) is 19.5 Å². The average Bonchev–Trinajstić information content (AvgIpc) is 3.02. The number of likely N-dealkylation sites (N-methyl/N-ethyl adjacent to an activating group) is 1. The zero-order valence-electron chi connectivity index (χ0n) is 13.9. The molecule has 2 atom stereocenters. The highest BCUT2D eigenvalue weighted by molar-refractivity contribution is 7.37. The summed E-state index contributed by atoms with van der Waals surface area (Å²) in [7, 11) is 2.66. The third-order valence-corrected chi connectivity index (χ3v) is 5.02. The molecular weight excluding hydrogens is 331 g/mol. The molecule has 0 saturated carbocycles. The Labute approximate surface area is 144 Å². The number of hydroxylamine groups is 2. The van der Waals surface area contributed by atoms with Gasteiger partial charge in [-0.05, 0) is 22.3 Å². The fraction of sp³-hybridized carbons (Fsp3) is 0.533. The van der Waals surface area contributed by atoms with Crippen molar-refractivity contribution in [1.82, 2.24) is 14.9 Å². The van der Waals surface area contributed by atoms with E-state index in [1.54, 1.807) is 17.4 Å². The van der Waals surface area contributed by atoms with Gasteiger partial charge in [-0.25, -0.2) is 10.0 Å². The van der Waals surface area contributed by atoms with E-state index in [1.807, 2.05) is 12.6 Å². The van der Waals surface area contributed by atoms with Crippen molar-refractivity contribution in [3.8, 4) is 0 Å². The van der Waals surface area contributed by atoms with Crippen LogP contribution in [0.15, 0.2) is 23.2 Å². The molecule has 1 amide bonds. The van der Waals surface area contributed by atoms with Crippen LogP contribution in [-0.4, -0.2) is 67.6 Å². The van der Waals surface area contributed by atoms with E-state index >= 15 is 0 Å². The van der Waals surface area contributed by atoms with Crippen LogP contribution in [0.4, 0.5) is 0 Å². The number of amides is 1. The molecule has 1 unspecified atom stereocenters. The van der Waals surface area contributed by atoms with Gasteiger partial charge in [0, 0.05) is 19.8 Å². The molecule has 0 spiro atoms. The van der Waals surface area contributed by atoms with E-state index < -0.39 is 0 Å². The van der Waals surface area contributed by atoms with Crippen molar-refractivity contribution in [1.29, 1.82) is 0 Å². The summed E-state index contributed by atoms with van der Waals surface area (Å²) < 4.78 is 0. The molecule has 6 nitrogen and oxygen atoms in total. The smallest absolute Gasteiger partial charge is 0.234 e. The van der Waals surface area contributed by atoms with Crippen LogP contribution in [0.2, 0.25) is 0 Å². The zero-order valence-corrected chi connectivity index (χ0v) is 15.8. The van der Waals surface area contributed by atoms with Gasteiger partial charge >= 0.3 is 0 Å². The lowest BCUT2D eigenvalue weighted by atomic mass is 10.1. The predicted octanol–water partition coefficient (Wildman–Crippen LogP) is 1.93. The predicted molar refractivity (Wildman–Crippen MR) is 100 cm³/mol. The Morgan fingerprint density at radius 2 is 2.48 bits per heavy atom. The van der Waals surface area contributed by atoms with Crippen LogP contribution < -0.4 is 0 Å². The van der Waals surface area contributed by atoms with Gasteiger partial charge < -0.3 is 0 Å². The summed E-state index contributed by atoms with van der Waals surface area (Å²) in [6, 6.07) is -0.0753. The Bertz CT molecular complexity index is 498. The molecule has 2 heterocycles. The third-order valence-electron chi connectivity index (χ3n) is 3.21. The molecule has 8 heteroatoms. The number of hydrogen-bond acceptors (Lipinski definition) is 6. The standard InChI is InChI=1S/C11H15N3O2S.C4H10NP/c1-3-4-16-14(8-15)10-6-13(2)5-9-11(10)17-7-12-9;1-5-3-4-6-2/h3,7-8,10H,1,4-6H2,2H3;6H,1,3-4H2,2H3/p+1/t10-;/m0./s1. The van der Waals surface area contributed by atoms with E-state index in [2.05, 4.69) is 34.8 Å². The van der Waals surface area contributed by atoms with Crippen LogP contribution >= 0.6 is 19.9 Å². The molecule has 1 aliphatic rings. The number of aliphatic imine (C=N–C) groups is 1. The lowest BCUT2D eigenvalue weighted by molar-refractivity contribution is -0.185. The Morgan fingerprint density at radius 1 is 1.70 bits per heavy atom. The number of fused-ring (bicyclic) bond motifs is 1. The van der Waals surface area contributed by atoms with Crippen LogP contribution in [0, 0.1) is 0 Å². The van der Waals surface area contributed by atoms with Gasteiger partial charge in [-0.15, -0.1) is 17.9 Å². The second-order valence-electron chi connectivity index (χ2n) is 5.07. The molecule has 0 saturated heterocycles. The van der Waals surface area contributed by atoms with Gasteiger partial charge in [0.05, 0.1) is 35.4 Å². The quantitative estimate of drug-likeness (QED) is 0.178. The molecule has 0 bridgehead atoms. The summed E-state index contributed by atoms with van der Waals surface area (Å²) in [5.41, 5.74) is 2.84. The first-order chi connectivity index (χ1) is 11.2. The molecule has 23 heavy (non-hydrogen) atoms. The van der Waals surface area contributed by atoms with Gasteiger partial charge in [0.25, 0.3) is 0 Å². The van der Waals surface area contributed by atoms with Crippen molar-refractivity contribution < 1.29 is 9.63 Å². The molecule has 0 radical (unpaired) electrons. The minimum absolute atomic E-state index is 0.0753. The van der Waals surface area contributed by atoms with Crippen molar-refractivity contribution in [2.24, 2.45) is 4.99 Å². The minimum atomic E-state index is -0.0753. The van der Waals surface area contributed by atoms with Gasteiger partial charge in [0.15, 0.2) is 0 Å². The maximum Gasteiger partial charge on any atom is 0.234 e. The molecular formula is C15H26N4O2PS+. The highest BCUT2D eigenvalue weighted by atomic mass is 32.1. The number of carbonyl (C=O) groups is 1. The molecule has 1 aliphatic heterocycles. The summed E-state index contributed by atoms with van der Waals surface area (Å²) in [5, 5.41) is 1.36. The topological polar surface area (TPSA) is 58.0 Å². The SMILES string of the molecule is C=CCON(C=O)[C@H]1CN(C)Cc2ncsc21.C=NCC[PH2+]C. The Kier molecular flexibility index (Phi) is 9.87. The largest absolute Gasteiger partial charge is 0.298 e. The monoisotopic (exact) mass is 357 g/mol. The lowest BCUT2D eigenvalue weighted by Gasteiger charge is -2.33. The van der Waals surface area contributed by atoms with Crippen molar-refractivity contribution in [3.05, 3.63) is 28.7 Å². The molecule has 1 aromatic heterocycles. The number of nitrogens with zero attached hydrogens (tertiary/aromatic N) is 4. The van der Waals surface area contributed by atoms with E-state index in [-0.39, 0.29) is 6.04 Å². The maximum absolute atomic E-state index is 11.1. The fourth-order valence-electron chi connectivity index (χ4n) is 2.12. The molecule has 0 fully saturated rings. The number of aromatic nitrogens is 1. The normalized spacial score (nSPS) is 17.2. The summed E-state index contributed by atoms with van der Waals surface area (Å²) >= 11 is 1.57. The first-order valence-corrected chi connectivity index (χ1v) is 10.3. The minimum Gasteiger partial charge on any atom is -0.298 e. The van der Waals surface area contributed by atoms with E-state index in [1.165, 1.54) is 11.2 Å². The summed E-state index contributed by atoms with van der Waals surface area (Å²) in [6.45, 7) is 12.0. The van der Waals surface area contributed by atoms with Gasteiger partial charge in [-0.2, -0.15) is 0 Å². The molecule has 0 N–H and O–H groups in total. The van der Waals surface area contributed by atoms with Crippen molar-refractivity contribution in [2.45, 2.75) is 12.6 Å². The second kappa shape index (κ2) is 11.4. The van der Waals surface area contributed by atoms with E-state index in [0.717, 1.165) is 36.6 Å². The van der Waals surface area contributed by atoms with E-state index in [0.29, 0.717) is 15.2 Å². The summed E-state index contributed by atoms with van der Waals surface area (Å²) in [5.74, 6) is 0. The lowest BCUT2D eigenvalue weighted by Crippen LogP contribution is -2.39. The van der Waals surface area contributed by atoms with E-state index in [9.17, 15) is 4.79 Å². The van der Waals surface area contributed by atoms with Crippen molar-refractivity contribution >= 4 is 33.0 Å². The Hall–Kier alpha value is -1.14. The van der Waals surface area contributed by atoms with Crippen LogP contribution in [0.3, 0.4) is 0 Å². The highest BCUT2D eigenvalue weighted by Gasteiger charge is 2.30. The molecule has 0 aliphatic carbocycles. The van der Waals surface area contributed by atoms with Gasteiger partial charge in [0.2, 0.25) is 6.41 Å².